The topological polar surface area (TPSA) is 73.9 Å². The fourth-order valence-corrected chi connectivity index (χ4v) is 5.16. The third kappa shape index (κ3) is 2.86. The van der Waals surface area contributed by atoms with Crippen molar-refractivity contribution >= 4 is 12.1 Å². The monoisotopic (exact) mass is 350 g/mol. The molecule has 2 saturated carbocycles. The number of hydrogen-bond acceptors (Lipinski definition) is 3. The average Bonchev–Trinajstić information content (AvgIpc) is 2.99. The van der Waals surface area contributed by atoms with Crippen molar-refractivity contribution in [3.05, 3.63) is 0 Å². The Morgan fingerprint density at radius 3 is 2.72 bits per heavy atom. The van der Waals surface area contributed by atoms with E-state index in [4.69, 9.17) is 4.74 Å². The highest BCUT2D eigenvalue weighted by atomic mass is 16.5. The number of urea groups is 2. The standard InChI is InChI=1S/C18H30N4O3/c1-2-25-15-10-14(18(15)6-4-3-5-7-18)20-17(24)21-11-13(12-21)22-9-8-19-16(22)23/h13-15H,2-12H2,1H3,(H,19,23)(H,20,24). The van der Waals surface area contributed by atoms with Crippen LogP contribution < -0.4 is 10.6 Å². The van der Waals surface area contributed by atoms with Gasteiger partial charge in [0.15, 0.2) is 0 Å². The summed E-state index contributed by atoms with van der Waals surface area (Å²) in [5.74, 6) is 0. The Bertz CT molecular complexity index is 528. The molecule has 2 aliphatic heterocycles. The largest absolute Gasteiger partial charge is 0.378 e. The molecule has 2 saturated heterocycles. The van der Waals surface area contributed by atoms with Crippen molar-refractivity contribution in [1.82, 2.24) is 20.4 Å². The van der Waals surface area contributed by atoms with Crippen LogP contribution in [0.4, 0.5) is 9.59 Å². The van der Waals surface area contributed by atoms with Crippen LogP contribution in [0, 0.1) is 5.41 Å². The molecule has 1 spiro atoms. The fourth-order valence-electron chi connectivity index (χ4n) is 5.16. The number of nitrogens with zero attached hydrogens (tertiary/aromatic N) is 2. The van der Waals surface area contributed by atoms with E-state index in [0.717, 1.165) is 19.6 Å². The molecule has 0 aromatic heterocycles. The molecule has 4 aliphatic rings. The number of likely N-dealkylation sites (tertiary alicyclic amines) is 1. The van der Waals surface area contributed by atoms with Gasteiger partial charge in [-0.15, -0.1) is 0 Å². The Labute approximate surface area is 149 Å². The zero-order valence-corrected chi connectivity index (χ0v) is 15.1. The minimum atomic E-state index is 0.00441. The summed E-state index contributed by atoms with van der Waals surface area (Å²) in [6.45, 7) is 5.56. The Morgan fingerprint density at radius 1 is 1.32 bits per heavy atom. The third-order valence-electron chi connectivity index (χ3n) is 6.72. The zero-order chi connectivity index (χ0) is 17.4. The second-order valence-electron chi connectivity index (χ2n) is 7.96. The molecular weight excluding hydrogens is 320 g/mol. The number of carbonyl (C=O) groups is 2. The van der Waals surface area contributed by atoms with Gasteiger partial charge in [0.1, 0.15) is 0 Å². The lowest BCUT2D eigenvalue weighted by Crippen LogP contribution is -2.69. The Hall–Kier alpha value is -1.50. The van der Waals surface area contributed by atoms with E-state index in [1.54, 1.807) is 0 Å². The first-order chi connectivity index (χ1) is 12.1. The van der Waals surface area contributed by atoms with E-state index in [0.29, 0.717) is 25.7 Å². The maximum Gasteiger partial charge on any atom is 0.317 e. The summed E-state index contributed by atoms with van der Waals surface area (Å²) < 4.78 is 5.96. The summed E-state index contributed by atoms with van der Waals surface area (Å²) in [7, 11) is 0. The van der Waals surface area contributed by atoms with E-state index >= 15 is 0 Å². The van der Waals surface area contributed by atoms with Gasteiger partial charge in [0, 0.05) is 44.2 Å². The van der Waals surface area contributed by atoms with Crippen LogP contribution in [-0.4, -0.2) is 72.8 Å². The van der Waals surface area contributed by atoms with E-state index in [9.17, 15) is 9.59 Å². The van der Waals surface area contributed by atoms with Crippen LogP contribution in [0.25, 0.3) is 0 Å². The van der Waals surface area contributed by atoms with Gasteiger partial charge in [0.2, 0.25) is 0 Å². The van der Waals surface area contributed by atoms with Gasteiger partial charge in [-0.2, -0.15) is 0 Å². The van der Waals surface area contributed by atoms with Crippen molar-refractivity contribution < 1.29 is 14.3 Å². The zero-order valence-electron chi connectivity index (χ0n) is 15.1. The summed E-state index contributed by atoms with van der Waals surface area (Å²) >= 11 is 0. The highest BCUT2D eigenvalue weighted by molar-refractivity contribution is 5.79. The highest BCUT2D eigenvalue weighted by Crippen LogP contribution is 2.53. The predicted octanol–water partition coefficient (Wildman–Crippen LogP) is 1.53. The van der Waals surface area contributed by atoms with Crippen molar-refractivity contribution in [3.8, 4) is 0 Å². The molecule has 2 heterocycles. The van der Waals surface area contributed by atoms with Gasteiger partial charge in [-0.05, 0) is 26.2 Å². The van der Waals surface area contributed by atoms with Gasteiger partial charge < -0.3 is 25.2 Å². The number of rotatable bonds is 4. The van der Waals surface area contributed by atoms with Gasteiger partial charge in [-0.1, -0.05) is 19.3 Å². The number of carbonyl (C=O) groups excluding carboxylic acids is 2. The van der Waals surface area contributed by atoms with Crippen LogP contribution in [-0.2, 0) is 4.74 Å². The van der Waals surface area contributed by atoms with Crippen LogP contribution in [0.5, 0.6) is 0 Å². The first-order valence-electron chi connectivity index (χ1n) is 9.85. The third-order valence-corrected chi connectivity index (χ3v) is 6.72. The maximum atomic E-state index is 12.6. The molecule has 0 radical (unpaired) electrons. The molecule has 2 N–H and O–H groups in total. The maximum absolute atomic E-state index is 12.6. The molecule has 0 aromatic rings. The quantitative estimate of drug-likeness (QED) is 0.808. The minimum absolute atomic E-state index is 0.00441. The lowest BCUT2D eigenvalue weighted by atomic mass is 9.55. The van der Waals surface area contributed by atoms with Crippen molar-refractivity contribution in [2.75, 3.05) is 32.8 Å². The normalized spacial score (nSPS) is 31.5. The number of amides is 4. The number of ether oxygens (including phenoxy) is 1. The smallest absolute Gasteiger partial charge is 0.317 e. The van der Waals surface area contributed by atoms with Crippen LogP contribution in [0.3, 0.4) is 0 Å². The van der Waals surface area contributed by atoms with Crippen LogP contribution in [0.1, 0.15) is 45.4 Å². The first-order valence-corrected chi connectivity index (χ1v) is 9.85. The van der Waals surface area contributed by atoms with E-state index in [-0.39, 0.29) is 29.6 Å². The summed E-state index contributed by atoms with van der Waals surface area (Å²) in [6, 6.07) is 0.450. The number of hydrogen-bond donors (Lipinski definition) is 2. The summed E-state index contributed by atoms with van der Waals surface area (Å²) in [5, 5.41) is 6.10. The molecule has 7 heteroatoms. The van der Waals surface area contributed by atoms with Gasteiger partial charge in [-0.25, -0.2) is 9.59 Å². The second kappa shape index (κ2) is 6.67. The molecule has 140 valence electrons. The highest BCUT2D eigenvalue weighted by Gasteiger charge is 2.56. The molecule has 4 rings (SSSR count). The lowest BCUT2D eigenvalue weighted by molar-refractivity contribution is -0.147. The molecule has 0 bridgehead atoms. The van der Waals surface area contributed by atoms with Gasteiger partial charge in [-0.3, -0.25) is 0 Å². The Balaban J connectivity index is 1.30. The molecule has 4 fully saturated rings. The van der Waals surface area contributed by atoms with Gasteiger partial charge in [0.25, 0.3) is 0 Å². The van der Waals surface area contributed by atoms with Crippen LogP contribution >= 0.6 is 0 Å². The van der Waals surface area contributed by atoms with E-state index in [2.05, 4.69) is 17.6 Å². The van der Waals surface area contributed by atoms with Crippen molar-refractivity contribution in [3.63, 3.8) is 0 Å². The minimum Gasteiger partial charge on any atom is -0.378 e. The van der Waals surface area contributed by atoms with Crippen LogP contribution in [0.15, 0.2) is 0 Å². The molecule has 2 atom stereocenters. The summed E-state index contributed by atoms with van der Waals surface area (Å²) in [4.78, 5) is 28.0. The fraction of sp³-hybridized carbons (Fsp3) is 0.889. The van der Waals surface area contributed by atoms with E-state index in [1.165, 1.54) is 32.1 Å². The molecule has 2 aliphatic carbocycles. The molecule has 2 unspecified atom stereocenters. The van der Waals surface area contributed by atoms with Crippen molar-refractivity contribution in [2.45, 2.75) is 63.6 Å². The summed E-state index contributed by atoms with van der Waals surface area (Å²) in [6.07, 6.45) is 7.36. The van der Waals surface area contributed by atoms with Crippen LogP contribution in [0.2, 0.25) is 0 Å². The van der Waals surface area contributed by atoms with E-state index < -0.39 is 0 Å². The molecular formula is C18H30N4O3. The first kappa shape index (κ1) is 16.9. The van der Waals surface area contributed by atoms with Crippen molar-refractivity contribution in [1.29, 1.82) is 0 Å². The Morgan fingerprint density at radius 2 is 2.08 bits per heavy atom. The molecule has 25 heavy (non-hydrogen) atoms. The SMILES string of the molecule is CCOC1CC(NC(=O)N2CC(N3CCNC3=O)C2)C12CCCCC2. The average molecular weight is 350 g/mol. The predicted molar refractivity (Wildman–Crippen MR) is 93.3 cm³/mol. The van der Waals surface area contributed by atoms with Crippen molar-refractivity contribution in [2.24, 2.45) is 5.41 Å². The van der Waals surface area contributed by atoms with Gasteiger partial charge >= 0.3 is 12.1 Å². The van der Waals surface area contributed by atoms with E-state index in [1.807, 2.05) is 9.80 Å². The lowest BCUT2D eigenvalue weighted by Gasteiger charge is -2.58. The summed E-state index contributed by atoms with van der Waals surface area (Å²) in [5.41, 5.74) is 0.156. The number of nitrogens with one attached hydrogen (secondary N) is 2. The molecule has 4 amide bonds. The second-order valence-corrected chi connectivity index (χ2v) is 7.96. The molecule has 0 aromatic carbocycles. The van der Waals surface area contributed by atoms with Gasteiger partial charge in [0.05, 0.1) is 12.1 Å². The molecule has 7 nitrogen and oxygen atoms in total. The Kier molecular flexibility index (Phi) is 4.52.